The van der Waals surface area contributed by atoms with E-state index in [1.54, 1.807) is 14.2 Å². The molecular weight excluding hydrogens is 234 g/mol. The Morgan fingerprint density at radius 1 is 1.22 bits per heavy atom. The van der Waals surface area contributed by atoms with Gasteiger partial charge in [0.2, 0.25) is 0 Å². The summed E-state index contributed by atoms with van der Waals surface area (Å²) >= 11 is 0. The predicted molar refractivity (Wildman–Crippen MR) is 66.8 cm³/mol. The number of methoxy groups -OCH3 is 2. The lowest BCUT2D eigenvalue weighted by atomic mass is 10.0. The van der Waals surface area contributed by atoms with Gasteiger partial charge in [-0.3, -0.25) is 0 Å². The van der Waals surface area contributed by atoms with Gasteiger partial charge in [0, 0.05) is 6.42 Å². The Kier molecular flexibility index (Phi) is 4.06. The molecule has 1 aliphatic heterocycles. The first kappa shape index (κ1) is 13.1. The maximum atomic E-state index is 5.77. The topological polar surface area (TPSA) is 62.9 Å². The molecule has 1 saturated heterocycles. The number of rotatable bonds is 5. The van der Waals surface area contributed by atoms with Gasteiger partial charge in [-0.1, -0.05) is 0 Å². The zero-order valence-corrected chi connectivity index (χ0v) is 10.8. The minimum Gasteiger partial charge on any atom is -0.497 e. The summed E-state index contributed by atoms with van der Waals surface area (Å²) in [5.74, 6) is 0.640. The summed E-state index contributed by atoms with van der Waals surface area (Å²) in [5.41, 5.74) is 6.49. The molecule has 0 aromatic heterocycles. The average Bonchev–Trinajstić information content (AvgIpc) is 2.88. The summed E-state index contributed by atoms with van der Waals surface area (Å²) in [6.45, 7) is 1.58. The molecule has 0 amide bonds. The molecule has 0 bridgehead atoms. The second kappa shape index (κ2) is 5.56. The molecule has 1 aliphatic rings. The first-order valence-electron chi connectivity index (χ1n) is 5.96. The van der Waals surface area contributed by atoms with Crippen LogP contribution in [0.5, 0.6) is 11.5 Å². The van der Waals surface area contributed by atoms with E-state index >= 15 is 0 Å². The van der Waals surface area contributed by atoms with E-state index in [2.05, 4.69) is 0 Å². The fourth-order valence-corrected chi connectivity index (χ4v) is 2.19. The van der Waals surface area contributed by atoms with Crippen molar-refractivity contribution in [1.29, 1.82) is 0 Å². The highest BCUT2D eigenvalue weighted by molar-refractivity contribution is 5.43. The Morgan fingerprint density at radius 3 is 2.50 bits per heavy atom. The van der Waals surface area contributed by atoms with Crippen molar-refractivity contribution in [3.05, 3.63) is 23.8 Å². The van der Waals surface area contributed by atoms with Gasteiger partial charge >= 0.3 is 0 Å². The third-order valence-corrected chi connectivity index (χ3v) is 3.04. The highest BCUT2D eigenvalue weighted by Gasteiger charge is 2.40. The van der Waals surface area contributed by atoms with E-state index in [9.17, 15) is 0 Å². The third kappa shape index (κ3) is 2.29. The third-order valence-electron chi connectivity index (χ3n) is 3.04. The monoisotopic (exact) mass is 253 g/mol. The summed E-state index contributed by atoms with van der Waals surface area (Å²) in [7, 11) is 3.24. The van der Waals surface area contributed by atoms with Crippen LogP contribution in [0.2, 0.25) is 0 Å². The van der Waals surface area contributed by atoms with Crippen LogP contribution in [-0.4, -0.2) is 34.0 Å². The van der Waals surface area contributed by atoms with Crippen molar-refractivity contribution in [2.24, 2.45) is 5.73 Å². The largest absolute Gasteiger partial charge is 0.497 e. The molecule has 5 nitrogen and oxygen atoms in total. The fraction of sp³-hybridized carbons (Fsp3) is 0.538. The summed E-state index contributed by atoms with van der Waals surface area (Å²) in [6.07, 6.45) is 0.580. The molecule has 2 N–H and O–H groups in total. The summed E-state index contributed by atoms with van der Waals surface area (Å²) in [6, 6.07) is 5.56. The SMILES string of the molecule is COc1ccc(OC)c(C2(CCN)OCCO2)c1. The molecule has 5 heteroatoms. The van der Waals surface area contributed by atoms with Crippen molar-refractivity contribution >= 4 is 0 Å². The smallest absolute Gasteiger partial charge is 0.199 e. The van der Waals surface area contributed by atoms with E-state index in [1.807, 2.05) is 18.2 Å². The number of hydrogen-bond donors (Lipinski definition) is 1. The standard InChI is InChI=1S/C13H19NO4/c1-15-10-3-4-12(16-2)11(9-10)13(5-6-14)17-7-8-18-13/h3-4,9H,5-8,14H2,1-2H3. The Bertz CT molecular complexity index is 402. The Balaban J connectivity index is 2.44. The number of hydrogen-bond acceptors (Lipinski definition) is 5. The van der Waals surface area contributed by atoms with Crippen molar-refractivity contribution in [3.63, 3.8) is 0 Å². The van der Waals surface area contributed by atoms with Crippen LogP contribution in [0.25, 0.3) is 0 Å². The minimum absolute atomic E-state index is 0.473. The maximum absolute atomic E-state index is 5.77. The van der Waals surface area contributed by atoms with Gasteiger partial charge in [0.25, 0.3) is 0 Å². The van der Waals surface area contributed by atoms with E-state index in [1.165, 1.54) is 0 Å². The van der Waals surface area contributed by atoms with Gasteiger partial charge in [0.15, 0.2) is 5.79 Å². The van der Waals surface area contributed by atoms with E-state index < -0.39 is 5.79 Å². The number of ether oxygens (including phenoxy) is 4. The summed E-state index contributed by atoms with van der Waals surface area (Å²) < 4.78 is 22.2. The number of benzene rings is 1. The number of nitrogens with two attached hydrogens (primary N) is 1. The van der Waals surface area contributed by atoms with Crippen LogP contribution in [-0.2, 0) is 15.3 Å². The maximum Gasteiger partial charge on any atom is 0.199 e. The van der Waals surface area contributed by atoms with E-state index in [0.717, 1.165) is 11.3 Å². The van der Waals surface area contributed by atoms with Gasteiger partial charge in [-0.2, -0.15) is 0 Å². The summed E-state index contributed by atoms with van der Waals surface area (Å²) in [5, 5.41) is 0. The summed E-state index contributed by atoms with van der Waals surface area (Å²) in [4.78, 5) is 0. The van der Waals surface area contributed by atoms with Gasteiger partial charge in [-0.15, -0.1) is 0 Å². The molecule has 100 valence electrons. The highest BCUT2D eigenvalue weighted by Crippen LogP contribution is 2.41. The molecule has 0 unspecified atom stereocenters. The molecule has 1 aromatic rings. The second-order valence-electron chi connectivity index (χ2n) is 4.05. The normalized spacial score (nSPS) is 17.7. The van der Waals surface area contributed by atoms with Crippen LogP contribution >= 0.6 is 0 Å². The zero-order valence-electron chi connectivity index (χ0n) is 10.8. The average molecular weight is 253 g/mol. The van der Waals surface area contributed by atoms with Crippen LogP contribution in [0.4, 0.5) is 0 Å². The molecular formula is C13H19NO4. The molecule has 1 aromatic carbocycles. The molecule has 0 spiro atoms. The predicted octanol–water partition coefficient (Wildman–Crippen LogP) is 1.25. The van der Waals surface area contributed by atoms with Crippen molar-refractivity contribution in [1.82, 2.24) is 0 Å². The molecule has 0 saturated carbocycles. The lowest BCUT2D eigenvalue weighted by molar-refractivity contribution is -0.169. The quantitative estimate of drug-likeness (QED) is 0.855. The van der Waals surface area contributed by atoms with Crippen molar-refractivity contribution in [3.8, 4) is 11.5 Å². The van der Waals surface area contributed by atoms with Crippen molar-refractivity contribution < 1.29 is 18.9 Å². The van der Waals surface area contributed by atoms with E-state index in [0.29, 0.717) is 31.9 Å². The molecule has 2 rings (SSSR count). The molecule has 0 radical (unpaired) electrons. The Morgan fingerprint density at radius 2 is 1.94 bits per heavy atom. The van der Waals surface area contributed by atoms with Crippen molar-refractivity contribution in [2.75, 3.05) is 34.0 Å². The second-order valence-corrected chi connectivity index (χ2v) is 4.05. The van der Waals surface area contributed by atoms with E-state index in [-0.39, 0.29) is 0 Å². The van der Waals surface area contributed by atoms with Gasteiger partial charge in [-0.25, -0.2) is 0 Å². The fourth-order valence-electron chi connectivity index (χ4n) is 2.19. The first-order valence-corrected chi connectivity index (χ1v) is 5.96. The zero-order chi connectivity index (χ0) is 13.0. The van der Waals surface area contributed by atoms with Gasteiger partial charge in [0.05, 0.1) is 33.0 Å². The molecule has 0 atom stereocenters. The lowest BCUT2D eigenvalue weighted by Crippen LogP contribution is -2.30. The van der Waals surface area contributed by atoms with Gasteiger partial charge < -0.3 is 24.7 Å². The molecule has 1 fully saturated rings. The van der Waals surface area contributed by atoms with Crippen LogP contribution in [0.3, 0.4) is 0 Å². The highest BCUT2D eigenvalue weighted by atomic mass is 16.7. The van der Waals surface area contributed by atoms with E-state index in [4.69, 9.17) is 24.7 Å². The van der Waals surface area contributed by atoms with Crippen LogP contribution in [0.1, 0.15) is 12.0 Å². The first-order chi connectivity index (χ1) is 8.75. The van der Waals surface area contributed by atoms with Crippen LogP contribution in [0.15, 0.2) is 18.2 Å². The molecule has 0 aliphatic carbocycles. The van der Waals surface area contributed by atoms with Crippen LogP contribution in [0, 0.1) is 0 Å². The lowest BCUT2D eigenvalue weighted by Gasteiger charge is -2.29. The van der Waals surface area contributed by atoms with Gasteiger partial charge in [0.1, 0.15) is 11.5 Å². The Labute approximate surface area is 107 Å². The van der Waals surface area contributed by atoms with Gasteiger partial charge in [-0.05, 0) is 24.7 Å². The van der Waals surface area contributed by atoms with Crippen molar-refractivity contribution in [2.45, 2.75) is 12.2 Å². The molecule has 18 heavy (non-hydrogen) atoms. The molecule has 1 heterocycles. The minimum atomic E-state index is -0.811. The van der Waals surface area contributed by atoms with Crippen LogP contribution < -0.4 is 15.2 Å². The Hall–Kier alpha value is -1.30.